The number of para-hydroxylation sites is 1. The van der Waals surface area contributed by atoms with Crippen LogP contribution in [0.1, 0.15) is 34.2 Å². The van der Waals surface area contributed by atoms with E-state index in [4.69, 9.17) is 0 Å². The lowest BCUT2D eigenvalue weighted by atomic mass is 10.1. The van der Waals surface area contributed by atoms with E-state index in [2.05, 4.69) is 20.6 Å². The number of halogens is 1. The highest BCUT2D eigenvalue weighted by Gasteiger charge is 2.19. The summed E-state index contributed by atoms with van der Waals surface area (Å²) >= 11 is 0. The van der Waals surface area contributed by atoms with Crippen LogP contribution in [0.25, 0.3) is 16.7 Å². The van der Waals surface area contributed by atoms with Crippen LogP contribution >= 0.6 is 0 Å². The quantitative estimate of drug-likeness (QED) is 0.409. The number of nitrogens with zero attached hydrogens (tertiary/aromatic N) is 4. The maximum atomic E-state index is 13.1. The second-order valence-electron chi connectivity index (χ2n) is 6.99. The van der Waals surface area contributed by atoms with Crippen molar-refractivity contribution in [3.8, 4) is 5.69 Å². The molecule has 150 valence electrons. The summed E-state index contributed by atoms with van der Waals surface area (Å²) in [6.45, 7) is 5.43. The molecule has 0 saturated heterocycles. The fraction of sp³-hybridized carbons (Fsp3) is 0.130. The topological polar surface area (TPSA) is 72.2 Å². The zero-order valence-electron chi connectivity index (χ0n) is 16.8. The van der Waals surface area contributed by atoms with Crippen LogP contribution in [-0.4, -0.2) is 26.4 Å². The lowest BCUT2D eigenvalue weighted by molar-refractivity contribution is 0.0956. The molecule has 30 heavy (non-hydrogen) atoms. The van der Waals surface area contributed by atoms with E-state index >= 15 is 0 Å². The first-order valence-electron chi connectivity index (χ1n) is 9.47. The first-order chi connectivity index (χ1) is 14.4. The minimum Gasteiger partial charge on any atom is -0.267 e. The summed E-state index contributed by atoms with van der Waals surface area (Å²) in [5, 5.41) is 9.45. The highest BCUT2D eigenvalue weighted by atomic mass is 19.1. The molecule has 2 aromatic heterocycles. The number of benzene rings is 2. The standard InChI is InChI=1S/C23H20FN5O/c1-14-13-20(23(30)27-26-15(2)17-9-11-18(24)12-10-17)21-16(3)28-29(22(21)25-14)19-7-5-4-6-8-19/h4-13H,1-3H3,(H,27,30). The van der Waals surface area contributed by atoms with Crippen molar-refractivity contribution in [3.63, 3.8) is 0 Å². The Hall–Kier alpha value is -3.87. The van der Waals surface area contributed by atoms with Crippen LogP contribution in [0.4, 0.5) is 4.39 Å². The summed E-state index contributed by atoms with van der Waals surface area (Å²) < 4.78 is 14.8. The highest BCUT2D eigenvalue weighted by molar-refractivity contribution is 6.07. The normalized spacial score (nSPS) is 11.7. The number of pyridine rings is 1. The van der Waals surface area contributed by atoms with Gasteiger partial charge >= 0.3 is 0 Å². The molecular formula is C23H20FN5O. The number of hydrogen-bond acceptors (Lipinski definition) is 4. The molecule has 4 aromatic rings. The smallest absolute Gasteiger partial charge is 0.267 e. The summed E-state index contributed by atoms with van der Waals surface area (Å²) in [6, 6.07) is 17.3. The first-order valence-corrected chi connectivity index (χ1v) is 9.47. The Bertz CT molecular complexity index is 1260. The van der Waals surface area contributed by atoms with Crippen molar-refractivity contribution in [1.29, 1.82) is 0 Å². The first kappa shape index (κ1) is 19.4. The molecular weight excluding hydrogens is 381 g/mol. The number of aryl methyl sites for hydroxylation is 2. The van der Waals surface area contributed by atoms with Crippen LogP contribution in [0.15, 0.2) is 65.8 Å². The molecule has 0 unspecified atom stereocenters. The fourth-order valence-corrected chi connectivity index (χ4v) is 3.29. The van der Waals surface area contributed by atoms with E-state index in [9.17, 15) is 9.18 Å². The lowest BCUT2D eigenvalue weighted by Gasteiger charge is -2.07. The molecule has 0 bridgehead atoms. The van der Waals surface area contributed by atoms with Crippen molar-refractivity contribution in [3.05, 3.63) is 89.0 Å². The van der Waals surface area contributed by atoms with Gasteiger partial charge in [-0.05, 0) is 56.7 Å². The Morgan fingerprint density at radius 1 is 1.07 bits per heavy atom. The molecule has 7 heteroatoms. The number of carbonyl (C=O) groups excluding carboxylic acids is 1. The number of nitrogens with one attached hydrogen (secondary N) is 1. The number of carbonyl (C=O) groups is 1. The molecule has 2 heterocycles. The molecule has 0 atom stereocenters. The predicted octanol–water partition coefficient (Wildman–Crippen LogP) is 4.33. The molecule has 0 aliphatic carbocycles. The Labute approximate surface area is 173 Å². The zero-order valence-corrected chi connectivity index (χ0v) is 16.8. The number of amides is 1. The molecule has 0 saturated carbocycles. The van der Waals surface area contributed by atoms with Gasteiger partial charge in [0.25, 0.3) is 5.91 Å². The van der Waals surface area contributed by atoms with Crippen LogP contribution in [0.2, 0.25) is 0 Å². The monoisotopic (exact) mass is 401 g/mol. The van der Waals surface area contributed by atoms with E-state index in [1.165, 1.54) is 12.1 Å². The van der Waals surface area contributed by atoms with E-state index < -0.39 is 0 Å². The Morgan fingerprint density at radius 3 is 2.47 bits per heavy atom. The van der Waals surface area contributed by atoms with Crippen LogP contribution in [-0.2, 0) is 0 Å². The number of fused-ring (bicyclic) bond motifs is 1. The highest BCUT2D eigenvalue weighted by Crippen LogP contribution is 2.24. The molecule has 4 rings (SSSR count). The molecule has 6 nitrogen and oxygen atoms in total. The second-order valence-corrected chi connectivity index (χ2v) is 6.99. The minimum atomic E-state index is -0.359. The van der Waals surface area contributed by atoms with Crippen molar-refractivity contribution in [2.45, 2.75) is 20.8 Å². The Balaban J connectivity index is 1.72. The van der Waals surface area contributed by atoms with Gasteiger partial charge in [-0.2, -0.15) is 10.2 Å². The van der Waals surface area contributed by atoms with Crippen LogP contribution in [0.5, 0.6) is 0 Å². The summed E-state index contributed by atoms with van der Waals surface area (Å²) in [7, 11) is 0. The summed E-state index contributed by atoms with van der Waals surface area (Å²) in [5.74, 6) is -0.682. The van der Waals surface area contributed by atoms with E-state index in [0.29, 0.717) is 33.7 Å². The van der Waals surface area contributed by atoms with Crippen LogP contribution in [0.3, 0.4) is 0 Å². The van der Waals surface area contributed by atoms with Gasteiger partial charge in [-0.1, -0.05) is 30.3 Å². The third kappa shape index (κ3) is 3.69. The zero-order chi connectivity index (χ0) is 21.3. The molecule has 0 aliphatic heterocycles. The van der Waals surface area contributed by atoms with Gasteiger partial charge < -0.3 is 0 Å². The molecule has 0 spiro atoms. The van der Waals surface area contributed by atoms with Crippen molar-refractivity contribution in [2.24, 2.45) is 5.10 Å². The average Bonchev–Trinajstić information content (AvgIpc) is 3.08. The molecule has 1 N–H and O–H groups in total. The Morgan fingerprint density at radius 2 is 1.77 bits per heavy atom. The maximum Gasteiger partial charge on any atom is 0.272 e. The second kappa shape index (κ2) is 7.87. The Kier molecular flexibility index (Phi) is 5.10. The fourth-order valence-electron chi connectivity index (χ4n) is 3.29. The number of hydrazone groups is 1. The van der Waals surface area contributed by atoms with Gasteiger partial charge in [0.15, 0.2) is 5.65 Å². The van der Waals surface area contributed by atoms with E-state index in [1.807, 2.05) is 44.2 Å². The van der Waals surface area contributed by atoms with Gasteiger partial charge in [0.1, 0.15) is 5.82 Å². The van der Waals surface area contributed by atoms with Crippen molar-refractivity contribution < 1.29 is 9.18 Å². The van der Waals surface area contributed by atoms with Gasteiger partial charge in [-0.3, -0.25) is 4.79 Å². The molecule has 2 aromatic carbocycles. The SMILES string of the molecule is CC(=NNC(=O)c1cc(C)nc2c1c(C)nn2-c1ccccc1)c1ccc(F)cc1. The van der Waals surface area contributed by atoms with E-state index in [0.717, 1.165) is 11.3 Å². The van der Waals surface area contributed by atoms with Crippen LogP contribution in [0, 0.1) is 19.7 Å². The summed E-state index contributed by atoms with van der Waals surface area (Å²) in [4.78, 5) is 17.6. The third-order valence-corrected chi connectivity index (χ3v) is 4.77. The summed E-state index contributed by atoms with van der Waals surface area (Å²) in [5.41, 5.74) is 7.22. The van der Waals surface area contributed by atoms with Crippen molar-refractivity contribution in [2.75, 3.05) is 0 Å². The van der Waals surface area contributed by atoms with Gasteiger partial charge in [-0.15, -0.1) is 0 Å². The molecule has 0 radical (unpaired) electrons. The van der Waals surface area contributed by atoms with Gasteiger partial charge in [0, 0.05) is 5.69 Å². The lowest BCUT2D eigenvalue weighted by Crippen LogP contribution is -2.20. The number of aromatic nitrogens is 3. The van der Waals surface area contributed by atoms with E-state index in [-0.39, 0.29) is 11.7 Å². The van der Waals surface area contributed by atoms with Crippen molar-refractivity contribution >= 4 is 22.7 Å². The van der Waals surface area contributed by atoms with Crippen molar-refractivity contribution in [1.82, 2.24) is 20.2 Å². The van der Waals surface area contributed by atoms with Crippen LogP contribution < -0.4 is 5.43 Å². The third-order valence-electron chi connectivity index (χ3n) is 4.77. The number of rotatable bonds is 4. The average molecular weight is 401 g/mol. The largest absolute Gasteiger partial charge is 0.272 e. The van der Waals surface area contributed by atoms with Gasteiger partial charge in [0.05, 0.1) is 28.0 Å². The van der Waals surface area contributed by atoms with Gasteiger partial charge in [-0.25, -0.2) is 19.5 Å². The minimum absolute atomic E-state index is 0.323. The molecule has 0 fully saturated rings. The maximum absolute atomic E-state index is 13.1. The molecule has 0 aliphatic rings. The van der Waals surface area contributed by atoms with Gasteiger partial charge in [0.2, 0.25) is 0 Å². The molecule has 1 amide bonds. The summed E-state index contributed by atoms with van der Waals surface area (Å²) in [6.07, 6.45) is 0. The van der Waals surface area contributed by atoms with E-state index in [1.54, 1.807) is 29.8 Å². The predicted molar refractivity (Wildman–Crippen MR) is 114 cm³/mol. The number of hydrogen-bond donors (Lipinski definition) is 1.